The molecule has 0 bridgehead atoms. The van der Waals surface area contributed by atoms with Crippen LogP contribution >= 0.6 is 0 Å². The summed E-state index contributed by atoms with van der Waals surface area (Å²) in [5.41, 5.74) is -2.37. The molecule has 6 rings (SSSR count). The summed E-state index contributed by atoms with van der Waals surface area (Å²) in [7, 11) is 0. The van der Waals surface area contributed by atoms with Gasteiger partial charge in [0.1, 0.15) is 6.04 Å². The predicted octanol–water partition coefficient (Wildman–Crippen LogP) is 4.08. The zero-order valence-electron chi connectivity index (χ0n) is 46.0. The number of carbonyl (C=O) groups is 8. The van der Waals surface area contributed by atoms with E-state index in [1.165, 1.54) is 18.7 Å². The quantitative estimate of drug-likeness (QED) is 0.0264. The Morgan fingerprint density at radius 1 is 0.667 bits per heavy atom. The number of ether oxygens (including phenoxy) is 1. The number of nitrogens with one attached hydrogen (secondary N) is 1. The number of Topliss-reactive ketones (excluding diaryl/α,β-unsaturated/α-hetero) is 5. The van der Waals surface area contributed by atoms with E-state index in [0.29, 0.717) is 25.7 Å². The van der Waals surface area contributed by atoms with Crippen molar-refractivity contribution >= 4 is 46.7 Å². The standard InChI is InChI=1S/C29H39N3O9.C28H41N3O6/c1-4-24(34)29(3,31-40)25(35)23(33)16-41-28(39)20(14-13-18-9-6-5-7-10-18)30-17(2)26(36)32-21-12-8-11-19(21)15-22(32)27(37)38;1-5-24(32)28(4,29-37)25(33)17-30(18(2)14-15-20-10-7-6-8-11-20)19(3)26(34)31-22-13-9-12-21(22)16-23(31)27(35)36/h5-7,9-10,17,19-22,27,30,37-38H,4,8,11-16H2,1-3H3;6-8,10-11,18-19,21-23,27,35-36H,5,9,12-17H2,1-4H3/t17-,19?,20-,21?,22?,29?;18-,19+,21?,22?,23?,28?/m01/s1. The number of amides is 2. The van der Waals surface area contributed by atoms with Gasteiger partial charge in [-0.25, -0.2) is 0 Å². The van der Waals surface area contributed by atoms with Gasteiger partial charge in [-0.2, -0.15) is 0 Å². The van der Waals surface area contributed by atoms with Crippen LogP contribution in [0.25, 0.3) is 0 Å². The van der Waals surface area contributed by atoms with E-state index < -0.39 is 95.4 Å². The van der Waals surface area contributed by atoms with Crippen LogP contribution in [0.5, 0.6) is 0 Å². The predicted molar refractivity (Wildman–Crippen MR) is 286 cm³/mol. The zero-order chi connectivity index (χ0) is 57.6. The molecule has 4 aliphatic rings. The van der Waals surface area contributed by atoms with E-state index in [0.717, 1.165) is 63.0 Å². The third-order valence-electron chi connectivity index (χ3n) is 16.7. The highest BCUT2D eigenvalue weighted by Gasteiger charge is 2.52. The lowest BCUT2D eigenvalue weighted by Gasteiger charge is -2.39. The molecule has 428 valence electrons. The molecule has 2 aliphatic heterocycles. The molecule has 8 unspecified atom stereocenters. The molecule has 2 heterocycles. The number of hydrogen-bond acceptors (Lipinski definition) is 19. The Balaban J connectivity index is 0.000000289. The van der Waals surface area contributed by atoms with Crippen molar-refractivity contribution in [3.8, 4) is 0 Å². The first kappa shape index (κ1) is 63.0. The van der Waals surface area contributed by atoms with Crippen LogP contribution in [0.2, 0.25) is 0 Å². The van der Waals surface area contributed by atoms with Crippen molar-refractivity contribution < 1.29 is 63.5 Å². The van der Waals surface area contributed by atoms with Crippen molar-refractivity contribution in [3.63, 3.8) is 0 Å². The van der Waals surface area contributed by atoms with Crippen LogP contribution in [0.15, 0.2) is 71.0 Å². The molecule has 2 aromatic carbocycles. The molecular weight excluding hydrogens is 1010 g/mol. The van der Waals surface area contributed by atoms with Gasteiger partial charge < -0.3 is 35.0 Å². The molecule has 2 saturated heterocycles. The minimum Gasteiger partial charge on any atom is -0.456 e. The molecule has 0 aromatic heterocycles. The number of carbonyl (C=O) groups excluding carboxylic acids is 8. The van der Waals surface area contributed by atoms with Gasteiger partial charge in [-0.15, -0.1) is 9.81 Å². The first-order chi connectivity index (χ1) is 37.0. The number of esters is 1. The summed E-state index contributed by atoms with van der Waals surface area (Å²) in [6.45, 7) is 9.13. The molecule has 0 spiro atoms. The van der Waals surface area contributed by atoms with Gasteiger partial charge in [0.2, 0.25) is 34.5 Å². The number of fused-ring (bicyclic) bond motifs is 2. The van der Waals surface area contributed by atoms with E-state index in [1.807, 2.05) is 67.6 Å². The third kappa shape index (κ3) is 14.7. The first-order valence-electron chi connectivity index (χ1n) is 27.5. The Labute approximate surface area is 456 Å². The number of benzene rings is 2. The van der Waals surface area contributed by atoms with Crippen LogP contribution in [0.3, 0.4) is 0 Å². The topological polar surface area (TPSA) is 307 Å². The molecule has 12 atom stereocenters. The maximum atomic E-state index is 13.9. The highest BCUT2D eigenvalue weighted by molar-refractivity contribution is 6.45. The summed E-state index contributed by atoms with van der Waals surface area (Å²) in [5, 5.41) is 48.4. The van der Waals surface area contributed by atoms with Crippen molar-refractivity contribution in [2.24, 2.45) is 22.2 Å². The van der Waals surface area contributed by atoms with E-state index in [1.54, 1.807) is 30.6 Å². The lowest BCUT2D eigenvalue weighted by atomic mass is 9.88. The summed E-state index contributed by atoms with van der Waals surface area (Å²) in [6.07, 6.45) is 4.83. The zero-order valence-corrected chi connectivity index (χ0v) is 46.0. The number of ketones is 5. The summed E-state index contributed by atoms with van der Waals surface area (Å²) < 4.78 is 5.13. The summed E-state index contributed by atoms with van der Waals surface area (Å²) in [6, 6.07) is 14.6. The summed E-state index contributed by atoms with van der Waals surface area (Å²) >= 11 is 0. The lowest BCUT2D eigenvalue weighted by molar-refractivity contribution is -0.154. The normalized spacial score (nSPS) is 23.7. The Morgan fingerprint density at radius 2 is 1.13 bits per heavy atom. The van der Waals surface area contributed by atoms with Crippen LogP contribution < -0.4 is 5.32 Å². The Bertz CT molecular complexity index is 2440. The number of rotatable bonds is 28. The fraction of sp³-hybridized carbons (Fsp3) is 0.649. The van der Waals surface area contributed by atoms with Crippen LogP contribution in [-0.4, -0.2) is 167 Å². The Hall–Kier alpha value is -5.84. The van der Waals surface area contributed by atoms with Gasteiger partial charge in [-0.1, -0.05) is 87.4 Å². The van der Waals surface area contributed by atoms with Gasteiger partial charge in [0.05, 0.1) is 30.7 Å². The minimum atomic E-state index is -2.40. The summed E-state index contributed by atoms with van der Waals surface area (Å²) in [5.74, 6) is -5.77. The second kappa shape index (κ2) is 28.3. The number of likely N-dealkylation sites (tertiary alicyclic amines) is 2. The van der Waals surface area contributed by atoms with Gasteiger partial charge in [-0.05, 0) is 132 Å². The van der Waals surface area contributed by atoms with Gasteiger partial charge in [0.15, 0.2) is 36.5 Å². The molecule has 4 fully saturated rings. The third-order valence-corrected chi connectivity index (χ3v) is 16.7. The fourth-order valence-electron chi connectivity index (χ4n) is 11.9. The van der Waals surface area contributed by atoms with Gasteiger partial charge in [-0.3, -0.25) is 48.6 Å². The van der Waals surface area contributed by atoms with Gasteiger partial charge >= 0.3 is 5.97 Å². The van der Waals surface area contributed by atoms with Crippen molar-refractivity contribution in [1.82, 2.24) is 20.0 Å². The largest absolute Gasteiger partial charge is 0.456 e. The number of hydrogen-bond donors (Lipinski definition) is 5. The number of nitroso groups, excluding NO2 is 2. The van der Waals surface area contributed by atoms with E-state index >= 15 is 0 Å². The molecule has 2 saturated carbocycles. The molecule has 2 aromatic rings. The van der Waals surface area contributed by atoms with Crippen LogP contribution in [0, 0.1) is 21.6 Å². The number of aliphatic hydroxyl groups is 4. The average molecular weight is 1090 g/mol. The van der Waals surface area contributed by atoms with Gasteiger partial charge in [0.25, 0.3) is 0 Å². The molecule has 2 aliphatic carbocycles. The lowest BCUT2D eigenvalue weighted by Crippen LogP contribution is -2.58. The molecule has 5 N–H and O–H groups in total. The maximum absolute atomic E-state index is 13.9. The van der Waals surface area contributed by atoms with Crippen LogP contribution in [-0.2, 0) is 55.9 Å². The van der Waals surface area contributed by atoms with Crippen molar-refractivity contribution in [2.75, 3.05) is 13.2 Å². The molecular formula is C57H80N6O15. The minimum absolute atomic E-state index is 0.00105. The Morgan fingerprint density at radius 3 is 1.59 bits per heavy atom. The second-order valence-electron chi connectivity index (χ2n) is 21.8. The SMILES string of the molecule is CCC(=O)C(C)(N=O)C(=O)C(=O)COC(=O)[C@H](CCc1ccccc1)N[C@@H](C)C(=O)N1C(C(O)O)CC2CCCC21.CCC(=O)C(C)(N=O)C(=O)CN([C@H](C)CCc1ccccc1)[C@@H](C)C(=O)N1C(C(O)O)CC2CCCC21. The molecule has 2 amide bonds. The van der Waals surface area contributed by atoms with Crippen molar-refractivity contribution in [3.05, 3.63) is 81.6 Å². The molecule has 21 nitrogen and oxygen atoms in total. The number of nitrogens with zero attached hydrogens (tertiary/aromatic N) is 5. The van der Waals surface area contributed by atoms with Crippen LogP contribution in [0.4, 0.5) is 0 Å². The van der Waals surface area contributed by atoms with E-state index in [9.17, 15) is 68.6 Å². The number of aliphatic hydroxyl groups excluding tert-OH is 2. The van der Waals surface area contributed by atoms with Crippen LogP contribution in [0.1, 0.15) is 137 Å². The van der Waals surface area contributed by atoms with E-state index in [4.69, 9.17) is 4.74 Å². The monoisotopic (exact) mass is 1090 g/mol. The summed E-state index contributed by atoms with van der Waals surface area (Å²) in [4.78, 5) is 131. The van der Waals surface area contributed by atoms with Crippen molar-refractivity contribution in [1.29, 1.82) is 0 Å². The Kier molecular flexibility index (Phi) is 22.9. The highest BCUT2D eigenvalue weighted by atomic mass is 16.5. The second-order valence-corrected chi connectivity index (χ2v) is 21.8. The van der Waals surface area contributed by atoms with Gasteiger partial charge in [0, 0.05) is 31.0 Å². The maximum Gasteiger partial charge on any atom is 0.323 e. The first-order valence-corrected chi connectivity index (χ1v) is 27.5. The van der Waals surface area contributed by atoms with E-state index in [2.05, 4.69) is 15.7 Å². The average Bonchev–Trinajstić information content (AvgIpc) is 4.33. The molecule has 0 radical (unpaired) electrons. The number of aryl methyl sites for hydroxylation is 2. The fourth-order valence-corrected chi connectivity index (χ4v) is 11.9. The van der Waals surface area contributed by atoms with Crippen molar-refractivity contribution in [2.45, 2.75) is 210 Å². The smallest absolute Gasteiger partial charge is 0.323 e. The van der Waals surface area contributed by atoms with E-state index in [-0.39, 0.29) is 67.6 Å². The molecule has 78 heavy (non-hydrogen) atoms. The molecule has 21 heteroatoms. The highest BCUT2D eigenvalue weighted by Crippen LogP contribution is 2.44.